The van der Waals surface area contributed by atoms with E-state index in [1.54, 1.807) is 24.3 Å². The predicted octanol–water partition coefficient (Wildman–Crippen LogP) is 3.00. The molecule has 0 radical (unpaired) electrons. The van der Waals surface area contributed by atoms with Gasteiger partial charge < -0.3 is 23.7 Å². The van der Waals surface area contributed by atoms with Crippen molar-refractivity contribution in [1.29, 1.82) is 0 Å². The van der Waals surface area contributed by atoms with Crippen LogP contribution in [0.5, 0.6) is 17.2 Å². The van der Waals surface area contributed by atoms with Crippen LogP contribution in [0.1, 0.15) is 21.9 Å². The molecule has 0 aliphatic rings. The number of furan rings is 1. The van der Waals surface area contributed by atoms with Crippen molar-refractivity contribution in [3.8, 4) is 17.2 Å². The van der Waals surface area contributed by atoms with E-state index in [9.17, 15) is 19.7 Å². The van der Waals surface area contributed by atoms with Crippen LogP contribution < -0.4 is 19.6 Å². The standard InChI is InChI=1S/C22H19N3O9/c1-31-20-10-14(6-8-18(20)32-12-15-7-9-19(34-15)22(27)28)11-23-24-21(26)13-33-17-5-3-2-4-16(17)25(29)30/h2-11H,12-13H2,1H3,(H,24,26)(H,27,28)/b23-11-. The van der Waals surface area contributed by atoms with Gasteiger partial charge in [-0.1, -0.05) is 12.1 Å². The van der Waals surface area contributed by atoms with Crippen molar-refractivity contribution in [2.24, 2.45) is 5.10 Å². The SMILES string of the molecule is COc1cc(/C=N\NC(=O)COc2ccccc2[N+](=O)[O-])ccc1OCc1ccc(C(=O)O)o1. The van der Waals surface area contributed by atoms with Gasteiger partial charge in [0.25, 0.3) is 5.91 Å². The number of nitrogens with one attached hydrogen (secondary N) is 1. The highest BCUT2D eigenvalue weighted by molar-refractivity contribution is 5.84. The van der Waals surface area contributed by atoms with Gasteiger partial charge in [0.2, 0.25) is 5.76 Å². The second-order valence-corrected chi connectivity index (χ2v) is 6.58. The first kappa shape index (κ1) is 23.8. The van der Waals surface area contributed by atoms with E-state index in [4.69, 9.17) is 23.7 Å². The predicted molar refractivity (Wildman–Crippen MR) is 117 cm³/mol. The Morgan fingerprint density at radius 2 is 1.91 bits per heavy atom. The molecule has 1 heterocycles. The second-order valence-electron chi connectivity index (χ2n) is 6.58. The first-order valence-corrected chi connectivity index (χ1v) is 9.68. The van der Waals surface area contributed by atoms with Gasteiger partial charge in [-0.25, -0.2) is 10.2 Å². The van der Waals surface area contributed by atoms with Crippen LogP contribution in [0, 0.1) is 10.1 Å². The van der Waals surface area contributed by atoms with Crippen LogP contribution in [0.4, 0.5) is 5.69 Å². The molecule has 0 saturated heterocycles. The summed E-state index contributed by atoms with van der Waals surface area (Å²) in [5.74, 6) is -0.911. The summed E-state index contributed by atoms with van der Waals surface area (Å²) in [5, 5.41) is 23.7. The largest absolute Gasteiger partial charge is 0.493 e. The number of nitrogens with zero attached hydrogens (tertiary/aromatic N) is 2. The summed E-state index contributed by atoms with van der Waals surface area (Å²) < 4.78 is 21.2. The number of carbonyl (C=O) groups is 2. The van der Waals surface area contributed by atoms with Crippen LogP contribution in [0.2, 0.25) is 0 Å². The number of hydrazone groups is 1. The minimum atomic E-state index is -1.17. The van der Waals surface area contributed by atoms with Crippen molar-refractivity contribution in [2.75, 3.05) is 13.7 Å². The molecule has 0 aliphatic carbocycles. The molecule has 0 atom stereocenters. The van der Waals surface area contributed by atoms with Crippen molar-refractivity contribution in [3.63, 3.8) is 0 Å². The Kier molecular flexibility index (Phi) is 7.79. The van der Waals surface area contributed by atoms with Crippen LogP contribution in [-0.4, -0.2) is 41.8 Å². The Labute approximate surface area is 192 Å². The van der Waals surface area contributed by atoms with E-state index in [1.807, 2.05) is 0 Å². The van der Waals surface area contributed by atoms with Gasteiger partial charge in [-0.05, 0) is 42.0 Å². The van der Waals surface area contributed by atoms with Crippen LogP contribution in [0.25, 0.3) is 0 Å². The maximum absolute atomic E-state index is 11.9. The molecule has 0 fully saturated rings. The molecule has 2 aromatic carbocycles. The van der Waals surface area contributed by atoms with E-state index < -0.39 is 23.4 Å². The minimum absolute atomic E-state index is 0.00723. The third kappa shape index (κ3) is 6.32. The number of carboxylic acid groups (broad SMARTS) is 1. The number of amides is 1. The first-order valence-electron chi connectivity index (χ1n) is 9.68. The molecule has 0 bridgehead atoms. The lowest BCUT2D eigenvalue weighted by Gasteiger charge is -2.10. The maximum atomic E-state index is 11.9. The third-order valence-corrected chi connectivity index (χ3v) is 4.25. The van der Waals surface area contributed by atoms with Crippen molar-refractivity contribution in [2.45, 2.75) is 6.61 Å². The van der Waals surface area contributed by atoms with Gasteiger partial charge >= 0.3 is 11.7 Å². The smallest absolute Gasteiger partial charge is 0.371 e. The molecule has 176 valence electrons. The number of para-hydroxylation sites is 2. The van der Waals surface area contributed by atoms with Crippen LogP contribution >= 0.6 is 0 Å². The Balaban J connectivity index is 1.53. The number of nitro groups is 1. The summed E-state index contributed by atoms with van der Waals surface area (Å²) in [5.41, 5.74) is 2.59. The zero-order valence-corrected chi connectivity index (χ0v) is 17.8. The molecular weight excluding hydrogens is 450 g/mol. The molecule has 0 spiro atoms. The molecule has 0 saturated carbocycles. The van der Waals surface area contributed by atoms with Gasteiger partial charge in [0.1, 0.15) is 12.4 Å². The molecular formula is C22H19N3O9. The number of carboxylic acids is 1. The van der Waals surface area contributed by atoms with Gasteiger partial charge in [0, 0.05) is 6.07 Å². The molecule has 0 unspecified atom stereocenters. The zero-order chi connectivity index (χ0) is 24.5. The minimum Gasteiger partial charge on any atom is -0.493 e. The molecule has 3 rings (SSSR count). The van der Waals surface area contributed by atoms with Crippen molar-refractivity contribution in [1.82, 2.24) is 5.43 Å². The van der Waals surface area contributed by atoms with Gasteiger partial charge in [-0.3, -0.25) is 14.9 Å². The maximum Gasteiger partial charge on any atom is 0.371 e. The summed E-state index contributed by atoms with van der Waals surface area (Å²) in [7, 11) is 1.44. The van der Waals surface area contributed by atoms with E-state index >= 15 is 0 Å². The summed E-state index contributed by atoms with van der Waals surface area (Å²) in [4.78, 5) is 33.2. The zero-order valence-electron chi connectivity index (χ0n) is 17.8. The number of carbonyl (C=O) groups excluding carboxylic acids is 1. The molecule has 1 amide bonds. The molecule has 2 N–H and O–H groups in total. The van der Waals surface area contributed by atoms with Crippen molar-refractivity contribution in [3.05, 3.63) is 81.8 Å². The Morgan fingerprint density at radius 3 is 2.62 bits per heavy atom. The quantitative estimate of drug-likeness (QED) is 0.244. The van der Waals surface area contributed by atoms with Crippen molar-refractivity contribution >= 4 is 23.8 Å². The number of hydrogen-bond acceptors (Lipinski definition) is 9. The van der Waals surface area contributed by atoms with Crippen molar-refractivity contribution < 1.29 is 38.2 Å². The van der Waals surface area contributed by atoms with E-state index in [0.717, 1.165) is 0 Å². The van der Waals surface area contributed by atoms with Crippen LogP contribution in [0.3, 0.4) is 0 Å². The molecule has 3 aromatic rings. The van der Waals surface area contributed by atoms with Crippen LogP contribution in [0.15, 0.2) is 64.1 Å². The number of methoxy groups -OCH3 is 1. The molecule has 1 aromatic heterocycles. The molecule has 34 heavy (non-hydrogen) atoms. The topological polar surface area (TPSA) is 163 Å². The number of hydrogen-bond donors (Lipinski definition) is 2. The number of aromatic carboxylic acids is 1. The lowest BCUT2D eigenvalue weighted by atomic mass is 10.2. The van der Waals surface area contributed by atoms with E-state index in [-0.39, 0.29) is 23.8 Å². The number of ether oxygens (including phenoxy) is 3. The summed E-state index contributed by atoms with van der Waals surface area (Å²) in [6.07, 6.45) is 1.36. The number of rotatable bonds is 11. The average molecular weight is 469 g/mol. The third-order valence-electron chi connectivity index (χ3n) is 4.25. The van der Waals surface area contributed by atoms with E-state index in [1.165, 1.54) is 43.7 Å². The van der Waals surface area contributed by atoms with Gasteiger partial charge in [0.05, 0.1) is 18.2 Å². The van der Waals surface area contributed by atoms with Gasteiger partial charge in [-0.15, -0.1) is 0 Å². The monoisotopic (exact) mass is 469 g/mol. The number of benzene rings is 2. The van der Waals surface area contributed by atoms with E-state index in [0.29, 0.717) is 22.8 Å². The fraction of sp³-hybridized carbons (Fsp3) is 0.136. The fourth-order valence-electron chi connectivity index (χ4n) is 2.69. The Hall–Kier alpha value is -4.87. The highest BCUT2D eigenvalue weighted by Crippen LogP contribution is 2.29. The lowest BCUT2D eigenvalue weighted by Crippen LogP contribution is -2.24. The highest BCUT2D eigenvalue weighted by Gasteiger charge is 2.15. The summed E-state index contributed by atoms with van der Waals surface area (Å²) in [6, 6.07) is 13.4. The normalized spacial score (nSPS) is 10.6. The van der Waals surface area contributed by atoms with Crippen LogP contribution in [-0.2, 0) is 11.4 Å². The van der Waals surface area contributed by atoms with E-state index in [2.05, 4.69) is 10.5 Å². The summed E-state index contributed by atoms with van der Waals surface area (Å²) in [6.45, 7) is -0.471. The van der Waals surface area contributed by atoms with Gasteiger partial charge in [0.15, 0.2) is 23.9 Å². The highest BCUT2D eigenvalue weighted by atomic mass is 16.6. The first-order chi connectivity index (χ1) is 16.4. The lowest BCUT2D eigenvalue weighted by molar-refractivity contribution is -0.385. The molecule has 12 nitrogen and oxygen atoms in total. The molecule has 0 aliphatic heterocycles. The average Bonchev–Trinajstić information content (AvgIpc) is 3.31. The van der Waals surface area contributed by atoms with Gasteiger partial charge in [-0.2, -0.15) is 5.10 Å². The molecule has 12 heteroatoms. The Bertz CT molecular complexity index is 1220. The fourth-order valence-corrected chi connectivity index (χ4v) is 2.69. The number of nitro benzene ring substituents is 1. The second kappa shape index (κ2) is 11.1. The summed E-state index contributed by atoms with van der Waals surface area (Å²) >= 11 is 0. The Morgan fingerprint density at radius 1 is 1.12 bits per heavy atom.